The first kappa shape index (κ1) is 23.0. The fraction of sp³-hybridized carbons (Fsp3) is 0.476. The van der Waals surface area contributed by atoms with Crippen LogP contribution in [0.2, 0.25) is 5.02 Å². The molecule has 29 heavy (non-hydrogen) atoms. The van der Waals surface area contributed by atoms with E-state index in [9.17, 15) is 19.1 Å². The molecule has 6 nitrogen and oxygen atoms in total. The number of anilines is 1. The molecule has 0 radical (unpaired) electrons. The molecular formula is C21H27ClFN3O3. The molecule has 0 aliphatic carbocycles. The molecule has 0 aliphatic rings. The van der Waals surface area contributed by atoms with Gasteiger partial charge in [-0.3, -0.25) is 9.36 Å². The van der Waals surface area contributed by atoms with E-state index in [4.69, 9.17) is 11.6 Å². The summed E-state index contributed by atoms with van der Waals surface area (Å²) in [5.41, 5.74) is -0.416. The number of rotatable bonds is 9. The van der Waals surface area contributed by atoms with Gasteiger partial charge in [0.2, 0.25) is 0 Å². The Balaban J connectivity index is 2.12. The minimum Gasteiger partial charge on any atom is -0.396 e. The highest BCUT2D eigenvalue weighted by atomic mass is 35.5. The average Bonchev–Trinajstić information content (AvgIpc) is 2.70. The Morgan fingerprint density at radius 2 is 2.07 bits per heavy atom. The quantitative estimate of drug-likeness (QED) is 0.630. The largest absolute Gasteiger partial charge is 0.396 e. The van der Waals surface area contributed by atoms with Gasteiger partial charge in [0.05, 0.1) is 0 Å². The maximum atomic E-state index is 14.5. The standard InChI is InChI=1S/C21H27ClFN3O3/c1-4-13(2)16(12-27)9-8-14(3)26-11-18(23)19(25-21(26)29)24-20(28)15-6-5-7-17(22)10-15/h5-7,10-11,13-14,16,27H,4,8-9,12H2,1-3H3,(H,24,25,28,29). The first-order valence-corrected chi connectivity index (χ1v) is 10.1. The molecule has 8 heteroatoms. The monoisotopic (exact) mass is 423 g/mol. The fourth-order valence-electron chi connectivity index (χ4n) is 3.14. The number of halogens is 2. The molecule has 0 fully saturated rings. The SMILES string of the molecule is CCC(C)C(CO)CCC(C)n1cc(F)c(NC(=O)c2cccc(Cl)c2)nc1=O. The third-order valence-electron chi connectivity index (χ3n) is 5.34. The zero-order chi connectivity index (χ0) is 21.6. The highest BCUT2D eigenvalue weighted by Crippen LogP contribution is 2.24. The number of carbonyl (C=O) groups excluding carboxylic acids is 1. The predicted octanol–water partition coefficient (Wildman–Crippen LogP) is 4.28. The molecule has 1 amide bonds. The van der Waals surface area contributed by atoms with Crippen molar-refractivity contribution in [1.29, 1.82) is 0 Å². The van der Waals surface area contributed by atoms with E-state index in [2.05, 4.69) is 24.1 Å². The van der Waals surface area contributed by atoms with Crippen molar-refractivity contribution in [2.24, 2.45) is 11.8 Å². The molecular weight excluding hydrogens is 397 g/mol. The van der Waals surface area contributed by atoms with Crippen LogP contribution in [0.15, 0.2) is 35.3 Å². The molecule has 0 saturated heterocycles. The van der Waals surface area contributed by atoms with Crippen LogP contribution in [0.3, 0.4) is 0 Å². The van der Waals surface area contributed by atoms with Crippen LogP contribution in [0.4, 0.5) is 10.2 Å². The maximum Gasteiger partial charge on any atom is 0.349 e. The summed E-state index contributed by atoms with van der Waals surface area (Å²) in [6, 6.07) is 5.88. The molecule has 2 N–H and O–H groups in total. The second kappa shape index (κ2) is 10.5. The Morgan fingerprint density at radius 1 is 1.34 bits per heavy atom. The van der Waals surface area contributed by atoms with Crippen LogP contribution in [-0.2, 0) is 0 Å². The molecule has 0 bridgehead atoms. The van der Waals surface area contributed by atoms with Gasteiger partial charge in [-0.15, -0.1) is 0 Å². The number of nitrogens with one attached hydrogen (secondary N) is 1. The number of amides is 1. The molecule has 3 atom stereocenters. The molecule has 0 aliphatic heterocycles. The van der Waals surface area contributed by atoms with Gasteiger partial charge in [-0.1, -0.05) is 37.9 Å². The average molecular weight is 424 g/mol. The Bertz CT molecular complexity index is 903. The van der Waals surface area contributed by atoms with Crippen molar-refractivity contribution in [3.8, 4) is 0 Å². The summed E-state index contributed by atoms with van der Waals surface area (Å²) in [6.07, 6.45) is 3.33. The fourth-order valence-corrected chi connectivity index (χ4v) is 3.33. The lowest BCUT2D eigenvalue weighted by Crippen LogP contribution is -2.29. The van der Waals surface area contributed by atoms with E-state index < -0.39 is 23.2 Å². The first-order valence-electron chi connectivity index (χ1n) is 9.73. The number of benzene rings is 1. The van der Waals surface area contributed by atoms with Crippen molar-refractivity contribution in [3.63, 3.8) is 0 Å². The van der Waals surface area contributed by atoms with Crippen LogP contribution in [0.5, 0.6) is 0 Å². The van der Waals surface area contributed by atoms with E-state index in [1.165, 1.54) is 16.7 Å². The van der Waals surface area contributed by atoms with Gasteiger partial charge in [0.1, 0.15) is 0 Å². The van der Waals surface area contributed by atoms with Gasteiger partial charge >= 0.3 is 5.69 Å². The van der Waals surface area contributed by atoms with Crippen LogP contribution < -0.4 is 11.0 Å². The van der Waals surface area contributed by atoms with E-state index in [0.29, 0.717) is 23.8 Å². The lowest BCUT2D eigenvalue weighted by Gasteiger charge is -2.23. The minimum atomic E-state index is -0.799. The topological polar surface area (TPSA) is 84.2 Å². The van der Waals surface area contributed by atoms with Gasteiger partial charge in [0.25, 0.3) is 5.91 Å². The molecule has 1 aromatic heterocycles. The highest BCUT2D eigenvalue weighted by Gasteiger charge is 2.19. The predicted molar refractivity (Wildman–Crippen MR) is 112 cm³/mol. The number of nitrogens with zero attached hydrogens (tertiary/aromatic N) is 2. The molecule has 158 valence electrons. The van der Waals surface area contributed by atoms with Crippen molar-refractivity contribution in [2.45, 2.75) is 46.1 Å². The molecule has 3 unspecified atom stereocenters. The van der Waals surface area contributed by atoms with E-state index in [1.807, 2.05) is 0 Å². The van der Waals surface area contributed by atoms with Crippen LogP contribution >= 0.6 is 11.6 Å². The highest BCUT2D eigenvalue weighted by molar-refractivity contribution is 6.31. The van der Waals surface area contributed by atoms with Crippen LogP contribution in [0.25, 0.3) is 0 Å². The summed E-state index contributed by atoms with van der Waals surface area (Å²) in [5.74, 6) is -1.33. The number of aliphatic hydroxyl groups is 1. The van der Waals surface area contributed by atoms with Crippen molar-refractivity contribution in [2.75, 3.05) is 11.9 Å². The van der Waals surface area contributed by atoms with E-state index >= 15 is 0 Å². The lowest BCUT2D eigenvalue weighted by molar-refractivity contribution is 0.102. The molecule has 1 aromatic carbocycles. The van der Waals surface area contributed by atoms with E-state index in [1.54, 1.807) is 19.1 Å². The number of aromatic nitrogens is 2. The number of hydrogen-bond acceptors (Lipinski definition) is 4. The molecule has 2 rings (SSSR count). The summed E-state index contributed by atoms with van der Waals surface area (Å²) >= 11 is 5.86. The zero-order valence-corrected chi connectivity index (χ0v) is 17.6. The Labute approximate surface area is 174 Å². The van der Waals surface area contributed by atoms with Crippen LogP contribution in [0, 0.1) is 17.7 Å². The Kier molecular flexibility index (Phi) is 8.34. The van der Waals surface area contributed by atoms with E-state index in [-0.39, 0.29) is 24.1 Å². The van der Waals surface area contributed by atoms with Crippen molar-refractivity contribution in [3.05, 3.63) is 57.3 Å². The number of carbonyl (C=O) groups is 1. The first-order chi connectivity index (χ1) is 13.8. The second-order valence-electron chi connectivity index (χ2n) is 7.35. The molecule has 2 aromatic rings. The summed E-state index contributed by atoms with van der Waals surface area (Å²) < 4.78 is 15.7. The molecule has 0 spiro atoms. The van der Waals surface area contributed by atoms with Gasteiger partial charge in [-0.25, -0.2) is 9.18 Å². The number of aliphatic hydroxyl groups excluding tert-OH is 1. The van der Waals surface area contributed by atoms with Crippen molar-refractivity contribution in [1.82, 2.24) is 9.55 Å². The minimum absolute atomic E-state index is 0.0811. The Hall–Kier alpha value is -2.25. The van der Waals surface area contributed by atoms with Crippen molar-refractivity contribution < 1.29 is 14.3 Å². The van der Waals surface area contributed by atoms with Crippen LogP contribution in [0.1, 0.15) is 56.4 Å². The molecule has 1 heterocycles. The lowest BCUT2D eigenvalue weighted by atomic mass is 9.87. The van der Waals surface area contributed by atoms with E-state index in [0.717, 1.165) is 12.6 Å². The summed E-state index contributed by atoms with van der Waals surface area (Å²) in [4.78, 5) is 28.3. The maximum absolute atomic E-state index is 14.5. The third kappa shape index (κ3) is 6.11. The smallest absolute Gasteiger partial charge is 0.349 e. The van der Waals surface area contributed by atoms with Gasteiger partial charge in [0, 0.05) is 29.4 Å². The third-order valence-corrected chi connectivity index (χ3v) is 5.57. The zero-order valence-electron chi connectivity index (χ0n) is 16.9. The van der Waals surface area contributed by atoms with Gasteiger partial charge in [0.15, 0.2) is 11.6 Å². The Morgan fingerprint density at radius 3 is 2.69 bits per heavy atom. The van der Waals surface area contributed by atoms with Gasteiger partial charge < -0.3 is 10.4 Å². The number of hydrogen-bond donors (Lipinski definition) is 2. The summed E-state index contributed by atoms with van der Waals surface area (Å²) in [7, 11) is 0. The summed E-state index contributed by atoms with van der Waals surface area (Å²) in [6.45, 7) is 6.03. The van der Waals surface area contributed by atoms with Gasteiger partial charge in [-0.2, -0.15) is 4.98 Å². The summed E-state index contributed by atoms with van der Waals surface area (Å²) in [5, 5.41) is 12.2. The van der Waals surface area contributed by atoms with Gasteiger partial charge in [-0.05, 0) is 49.8 Å². The normalized spacial score (nSPS) is 14.3. The molecule has 0 saturated carbocycles. The second-order valence-corrected chi connectivity index (χ2v) is 7.78. The van der Waals surface area contributed by atoms with Crippen molar-refractivity contribution >= 4 is 23.3 Å². The van der Waals surface area contributed by atoms with Crippen LogP contribution in [-0.4, -0.2) is 27.2 Å².